The third-order valence-electron chi connectivity index (χ3n) is 3.57. The molecule has 2 rings (SSSR count). The second kappa shape index (κ2) is 6.75. The first-order valence-electron chi connectivity index (χ1n) is 6.68. The number of piperazine rings is 1. The number of benzene rings is 1. The van der Waals surface area contributed by atoms with Gasteiger partial charge in [0.25, 0.3) is 0 Å². The Balaban J connectivity index is 2.26. The van der Waals surface area contributed by atoms with Crippen LogP contribution in [0.1, 0.15) is 18.0 Å². The van der Waals surface area contributed by atoms with Crippen molar-refractivity contribution in [2.45, 2.75) is 12.5 Å². The molecule has 106 valence electrons. The minimum absolute atomic E-state index is 0.127. The summed E-state index contributed by atoms with van der Waals surface area (Å²) in [5, 5.41) is 22.2. The zero-order valence-corrected chi connectivity index (χ0v) is 11.3. The van der Waals surface area contributed by atoms with Crippen molar-refractivity contribution in [1.82, 2.24) is 10.2 Å². The summed E-state index contributed by atoms with van der Waals surface area (Å²) in [4.78, 5) is 2.35. The minimum Gasteiger partial charge on any atom is -0.508 e. The molecule has 1 fully saturated rings. The number of nitrogens with one attached hydrogen (secondary N) is 1. The van der Waals surface area contributed by atoms with Crippen molar-refractivity contribution in [2.75, 3.05) is 39.9 Å². The molecular formula is C14H22N2O3. The molecule has 0 aliphatic carbocycles. The number of hydrogen-bond acceptors (Lipinski definition) is 5. The molecule has 1 aliphatic rings. The number of phenolic OH excluding ortho intramolecular Hbond substituents is 1. The lowest BCUT2D eigenvalue weighted by Gasteiger charge is -2.35. The highest BCUT2D eigenvalue weighted by Crippen LogP contribution is 2.34. The van der Waals surface area contributed by atoms with E-state index in [1.807, 2.05) is 6.07 Å². The quantitative estimate of drug-likeness (QED) is 0.733. The monoisotopic (exact) mass is 266 g/mol. The first-order chi connectivity index (χ1) is 9.26. The maximum Gasteiger partial charge on any atom is 0.127 e. The third-order valence-corrected chi connectivity index (χ3v) is 3.57. The fraction of sp³-hybridized carbons (Fsp3) is 0.571. The van der Waals surface area contributed by atoms with Crippen LogP contribution < -0.4 is 10.1 Å². The summed E-state index contributed by atoms with van der Waals surface area (Å²) in [5.41, 5.74) is 1.02. The van der Waals surface area contributed by atoms with Gasteiger partial charge in [-0.1, -0.05) is 6.07 Å². The zero-order chi connectivity index (χ0) is 13.7. The Morgan fingerprint density at radius 1 is 1.37 bits per heavy atom. The lowest BCUT2D eigenvalue weighted by Crippen LogP contribution is -2.45. The molecule has 1 heterocycles. The SMILES string of the molecule is COc1cc(O)ccc1[C@H](CCO)N1CCNCC1. The standard InChI is InChI=1S/C14H22N2O3/c1-19-14-10-11(18)2-3-12(14)13(4-9-17)16-7-5-15-6-8-16/h2-3,10,13,15,17-18H,4-9H2,1H3/t13-/m0/s1. The number of phenols is 1. The van der Waals surface area contributed by atoms with Crippen LogP contribution in [0.4, 0.5) is 0 Å². The van der Waals surface area contributed by atoms with Gasteiger partial charge in [-0.05, 0) is 12.5 Å². The Hall–Kier alpha value is -1.30. The van der Waals surface area contributed by atoms with Crippen LogP contribution in [0.5, 0.6) is 11.5 Å². The van der Waals surface area contributed by atoms with Gasteiger partial charge in [0.2, 0.25) is 0 Å². The summed E-state index contributed by atoms with van der Waals surface area (Å²) in [6, 6.07) is 5.31. The Kier molecular flexibility index (Phi) is 5.01. The number of aliphatic hydroxyl groups excluding tert-OH is 1. The summed E-state index contributed by atoms with van der Waals surface area (Å²) >= 11 is 0. The topological polar surface area (TPSA) is 65.0 Å². The maximum atomic E-state index is 9.54. The van der Waals surface area contributed by atoms with Crippen molar-refractivity contribution in [3.8, 4) is 11.5 Å². The highest BCUT2D eigenvalue weighted by molar-refractivity contribution is 5.42. The largest absolute Gasteiger partial charge is 0.508 e. The molecule has 1 aliphatic heterocycles. The van der Waals surface area contributed by atoms with E-state index >= 15 is 0 Å². The van der Waals surface area contributed by atoms with Gasteiger partial charge in [-0.25, -0.2) is 0 Å². The Labute approximate surface area is 113 Å². The lowest BCUT2D eigenvalue weighted by atomic mass is 10.00. The summed E-state index contributed by atoms with van der Waals surface area (Å²) in [6.45, 7) is 3.96. The molecule has 0 amide bonds. The Bertz CT molecular complexity index is 406. The van der Waals surface area contributed by atoms with E-state index in [-0.39, 0.29) is 18.4 Å². The summed E-state index contributed by atoms with van der Waals surface area (Å²) < 4.78 is 5.36. The molecule has 19 heavy (non-hydrogen) atoms. The second-order valence-corrected chi connectivity index (χ2v) is 4.74. The van der Waals surface area contributed by atoms with E-state index in [0.29, 0.717) is 12.2 Å². The number of hydrogen-bond donors (Lipinski definition) is 3. The second-order valence-electron chi connectivity index (χ2n) is 4.74. The predicted molar refractivity (Wildman–Crippen MR) is 73.5 cm³/mol. The van der Waals surface area contributed by atoms with Gasteiger partial charge in [0, 0.05) is 50.5 Å². The van der Waals surface area contributed by atoms with E-state index in [9.17, 15) is 10.2 Å². The molecule has 5 heteroatoms. The lowest BCUT2D eigenvalue weighted by molar-refractivity contribution is 0.139. The minimum atomic E-state index is 0.127. The molecule has 1 aromatic carbocycles. The van der Waals surface area contributed by atoms with Crippen molar-refractivity contribution in [2.24, 2.45) is 0 Å². The first kappa shape index (κ1) is 14.1. The predicted octanol–water partition coefficient (Wildman–Crippen LogP) is 0.729. The number of nitrogens with zero attached hydrogens (tertiary/aromatic N) is 1. The van der Waals surface area contributed by atoms with Crippen molar-refractivity contribution >= 4 is 0 Å². The smallest absolute Gasteiger partial charge is 0.127 e. The van der Waals surface area contributed by atoms with E-state index in [1.54, 1.807) is 19.2 Å². The van der Waals surface area contributed by atoms with Crippen LogP contribution in [0.3, 0.4) is 0 Å². The summed E-state index contributed by atoms with van der Waals surface area (Å²) in [5.74, 6) is 0.876. The zero-order valence-electron chi connectivity index (χ0n) is 11.3. The number of aromatic hydroxyl groups is 1. The number of aliphatic hydroxyl groups is 1. The van der Waals surface area contributed by atoms with E-state index in [2.05, 4.69) is 10.2 Å². The Morgan fingerprint density at radius 3 is 2.74 bits per heavy atom. The van der Waals surface area contributed by atoms with Gasteiger partial charge in [0.05, 0.1) is 7.11 Å². The molecular weight excluding hydrogens is 244 g/mol. The molecule has 0 spiro atoms. The average Bonchev–Trinajstić information content (AvgIpc) is 2.46. The number of rotatable bonds is 5. The van der Waals surface area contributed by atoms with Crippen LogP contribution in [0.2, 0.25) is 0 Å². The van der Waals surface area contributed by atoms with Crippen LogP contribution in [0.25, 0.3) is 0 Å². The summed E-state index contributed by atoms with van der Waals surface area (Å²) in [6.07, 6.45) is 0.668. The fourth-order valence-corrected chi connectivity index (χ4v) is 2.63. The van der Waals surface area contributed by atoms with Gasteiger partial charge < -0.3 is 20.3 Å². The molecule has 0 saturated carbocycles. The third kappa shape index (κ3) is 3.37. The molecule has 0 radical (unpaired) electrons. The van der Waals surface area contributed by atoms with Gasteiger partial charge >= 0.3 is 0 Å². The Morgan fingerprint density at radius 2 is 2.11 bits per heavy atom. The number of methoxy groups -OCH3 is 1. The summed E-state index contributed by atoms with van der Waals surface area (Å²) in [7, 11) is 1.60. The fourth-order valence-electron chi connectivity index (χ4n) is 2.63. The van der Waals surface area contributed by atoms with Crippen LogP contribution in [-0.2, 0) is 0 Å². The molecule has 1 atom stereocenters. The van der Waals surface area contributed by atoms with Crippen LogP contribution in [0.15, 0.2) is 18.2 Å². The van der Waals surface area contributed by atoms with Crippen LogP contribution >= 0.6 is 0 Å². The number of ether oxygens (including phenoxy) is 1. The molecule has 0 unspecified atom stereocenters. The van der Waals surface area contributed by atoms with E-state index in [4.69, 9.17) is 4.74 Å². The van der Waals surface area contributed by atoms with Crippen molar-refractivity contribution in [1.29, 1.82) is 0 Å². The first-order valence-corrected chi connectivity index (χ1v) is 6.68. The molecule has 0 bridgehead atoms. The van der Waals surface area contributed by atoms with Gasteiger partial charge in [0.1, 0.15) is 11.5 Å². The molecule has 1 aromatic rings. The van der Waals surface area contributed by atoms with Gasteiger partial charge in [-0.3, -0.25) is 4.90 Å². The maximum absolute atomic E-state index is 9.54. The van der Waals surface area contributed by atoms with Crippen LogP contribution in [0, 0.1) is 0 Å². The van der Waals surface area contributed by atoms with E-state index in [1.165, 1.54) is 0 Å². The van der Waals surface area contributed by atoms with Crippen molar-refractivity contribution in [3.63, 3.8) is 0 Å². The molecule has 1 saturated heterocycles. The van der Waals surface area contributed by atoms with Crippen LogP contribution in [-0.4, -0.2) is 55.0 Å². The normalized spacial score (nSPS) is 18.2. The van der Waals surface area contributed by atoms with Gasteiger partial charge in [0.15, 0.2) is 0 Å². The molecule has 5 nitrogen and oxygen atoms in total. The molecule has 3 N–H and O–H groups in total. The van der Waals surface area contributed by atoms with Crippen molar-refractivity contribution in [3.05, 3.63) is 23.8 Å². The average molecular weight is 266 g/mol. The van der Waals surface area contributed by atoms with E-state index < -0.39 is 0 Å². The van der Waals surface area contributed by atoms with Gasteiger partial charge in [-0.15, -0.1) is 0 Å². The highest BCUT2D eigenvalue weighted by Gasteiger charge is 2.24. The van der Waals surface area contributed by atoms with Gasteiger partial charge in [-0.2, -0.15) is 0 Å². The van der Waals surface area contributed by atoms with Crippen molar-refractivity contribution < 1.29 is 14.9 Å². The molecule has 0 aromatic heterocycles. The highest BCUT2D eigenvalue weighted by atomic mass is 16.5. The van der Waals surface area contributed by atoms with E-state index in [0.717, 1.165) is 31.7 Å².